The SMILES string of the molecule is CCc1cnc(NC(=O)c2ccccc2C(F)(F)F)s1. The molecule has 0 fully saturated rings. The lowest BCUT2D eigenvalue weighted by atomic mass is 10.1. The summed E-state index contributed by atoms with van der Waals surface area (Å²) in [6.07, 6.45) is -2.21. The van der Waals surface area contributed by atoms with Gasteiger partial charge in [-0.25, -0.2) is 4.98 Å². The van der Waals surface area contributed by atoms with Gasteiger partial charge in [-0.1, -0.05) is 19.1 Å². The summed E-state index contributed by atoms with van der Waals surface area (Å²) in [5.41, 5.74) is -1.36. The van der Waals surface area contributed by atoms with Crippen molar-refractivity contribution in [2.45, 2.75) is 19.5 Å². The first-order chi connectivity index (χ1) is 9.41. The number of anilines is 1. The Hall–Kier alpha value is -1.89. The Kier molecular flexibility index (Phi) is 4.08. The van der Waals surface area contributed by atoms with Crippen LogP contribution in [0.3, 0.4) is 0 Å². The van der Waals surface area contributed by atoms with Crippen LogP contribution in [0.5, 0.6) is 0 Å². The minimum atomic E-state index is -4.56. The molecule has 1 N–H and O–H groups in total. The average Bonchev–Trinajstić information content (AvgIpc) is 2.85. The molecule has 1 amide bonds. The number of alkyl halides is 3. The van der Waals surface area contributed by atoms with Crippen molar-refractivity contribution in [2.75, 3.05) is 5.32 Å². The summed E-state index contributed by atoms with van der Waals surface area (Å²) in [7, 11) is 0. The zero-order chi connectivity index (χ0) is 14.8. The van der Waals surface area contributed by atoms with Gasteiger partial charge in [-0.3, -0.25) is 10.1 Å². The lowest BCUT2D eigenvalue weighted by molar-refractivity contribution is -0.137. The van der Waals surface area contributed by atoms with Crippen molar-refractivity contribution in [1.29, 1.82) is 0 Å². The molecule has 106 valence electrons. The Morgan fingerprint density at radius 3 is 2.65 bits per heavy atom. The number of benzene rings is 1. The van der Waals surface area contributed by atoms with E-state index in [2.05, 4.69) is 10.3 Å². The highest BCUT2D eigenvalue weighted by atomic mass is 32.1. The molecule has 0 bridgehead atoms. The van der Waals surface area contributed by atoms with Crippen molar-refractivity contribution in [2.24, 2.45) is 0 Å². The number of halogens is 3. The van der Waals surface area contributed by atoms with E-state index in [9.17, 15) is 18.0 Å². The van der Waals surface area contributed by atoms with Crippen LogP contribution in [-0.4, -0.2) is 10.9 Å². The number of nitrogens with one attached hydrogen (secondary N) is 1. The molecule has 1 aromatic heterocycles. The van der Waals surface area contributed by atoms with E-state index < -0.39 is 23.2 Å². The predicted octanol–water partition coefficient (Wildman–Crippen LogP) is 3.98. The van der Waals surface area contributed by atoms with E-state index in [1.54, 1.807) is 6.20 Å². The number of nitrogens with zero attached hydrogens (tertiary/aromatic N) is 1. The van der Waals surface area contributed by atoms with Crippen LogP contribution in [0, 0.1) is 0 Å². The standard InChI is InChI=1S/C13H11F3N2OS/c1-2-8-7-17-12(20-8)18-11(19)9-5-3-4-6-10(9)13(14,15)16/h3-7H,2H2,1H3,(H,17,18,19). The number of rotatable bonds is 3. The van der Waals surface area contributed by atoms with Crippen molar-refractivity contribution in [3.8, 4) is 0 Å². The Bertz CT molecular complexity index is 622. The fourth-order valence-electron chi connectivity index (χ4n) is 1.62. The van der Waals surface area contributed by atoms with Gasteiger partial charge in [0.25, 0.3) is 5.91 Å². The van der Waals surface area contributed by atoms with Crippen molar-refractivity contribution >= 4 is 22.4 Å². The fourth-order valence-corrected chi connectivity index (χ4v) is 2.37. The molecule has 0 saturated heterocycles. The highest BCUT2D eigenvalue weighted by Crippen LogP contribution is 2.32. The van der Waals surface area contributed by atoms with Crippen LogP contribution in [0.1, 0.15) is 27.7 Å². The summed E-state index contributed by atoms with van der Waals surface area (Å²) >= 11 is 1.24. The van der Waals surface area contributed by atoms with Crippen LogP contribution in [0.15, 0.2) is 30.5 Å². The van der Waals surface area contributed by atoms with Gasteiger partial charge in [0, 0.05) is 11.1 Å². The van der Waals surface area contributed by atoms with Crippen molar-refractivity contribution < 1.29 is 18.0 Å². The van der Waals surface area contributed by atoms with Crippen LogP contribution in [0.2, 0.25) is 0 Å². The summed E-state index contributed by atoms with van der Waals surface area (Å²) in [5.74, 6) is -0.810. The van der Waals surface area contributed by atoms with Crippen LogP contribution in [0.25, 0.3) is 0 Å². The second-order valence-electron chi connectivity index (χ2n) is 3.98. The Balaban J connectivity index is 2.25. The molecule has 0 atom stereocenters. The Labute approximate surface area is 117 Å². The number of carbonyl (C=O) groups is 1. The number of amides is 1. The molecular formula is C13H11F3N2OS. The topological polar surface area (TPSA) is 42.0 Å². The zero-order valence-electron chi connectivity index (χ0n) is 10.5. The van der Waals surface area contributed by atoms with Gasteiger partial charge in [-0.2, -0.15) is 13.2 Å². The lowest BCUT2D eigenvalue weighted by Crippen LogP contribution is -2.18. The first-order valence-corrected chi connectivity index (χ1v) is 6.65. The summed E-state index contributed by atoms with van der Waals surface area (Å²) < 4.78 is 38.4. The molecule has 0 aliphatic heterocycles. The van der Waals surface area contributed by atoms with E-state index in [0.29, 0.717) is 5.13 Å². The number of carbonyl (C=O) groups excluding carboxylic acids is 1. The van der Waals surface area contributed by atoms with Crippen LogP contribution in [0.4, 0.5) is 18.3 Å². The first kappa shape index (κ1) is 14.5. The Morgan fingerprint density at radius 1 is 1.35 bits per heavy atom. The molecule has 1 heterocycles. The zero-order valence-corrected chi connectivity index (χ0v) is 11.3. The minimum absolute atomic E-state index is 0.295. The molecule has 0 saturated carbocycles. The number of aryl methyl sites for hydroxylation is 1. The smallest absolute Gasteiger partial charge is 0.298 e. The van der Waals surface area contributed by atoms with Crippen molar-refractivity contribution in [1.82, 2.24) is 4.98 Å². The van der Waals surface area contributed by atoms with Gasteiger partial charge in [-0.15, -0.1) is 11.3 Å². The number of hydrogen-bond acceptors (Lipinski definition) is 3. The molecule has 3 nitrogen and oxygen atoms in total. The van der Waals surface area contributed by atoms with Gasteiger partial charge in [0.2, 0.25) is 0 Å². The maximum absolute atomic E-state index is 12.8. The van der Waals surface area contributed by atoms with E-state index in [0.717, 1.165) is 23.4 Å². The molecule has 20 heavy (non-hydrogen) atoms. The first-order valence-electron chi connectivity index (χ1n) is 5.84. The maximum Gasteiger partial charge on any atom is 0.417 e. The van der Waals surface area contributed by atoms with Gasteiger partial charge in [0.05, 0.1) is 11.1 Å². The molecule has 2 rings (SSSR count). The number of hydrogen-bond donors (Lipinski definition) is 1. The molecule has 7 heteroatoms. The molecule has 0 spiro atoms. The lowest BCUT2D eigenvalue weighted by Gasteiger charge is -2.11. The van der Waals surface area contributed by atoms with Gasteiger partial charge in [-0.05, 0) is 18.6 Å². The molecule has 0 radical (unpaired) electrons. The highest BCUT2D eigenvalue weighted by molar-refractivity contribution is 7.15. The van der Waals surface area contributed by atoms with Gasteiger partial charge >= 0.3 is 6.18 Å². The van der Waals surface area contributed by atoms with Gasteiger partial charge in [0.1, 0.15) is 0 Å². The molecule has 2 aromatic rings. The fraction of sp³-hybridized carbons (Fsp3) is 0.231. The van der Waals surface area contributed by atoms with Crippen LogP contribution < -0.4 is 5.32 Å². The summed E-state index contributed by atoms with van der Waals surface area (Å²) in [6.45, 7) is 1.93. The number of thiazole rings is 1. The molecule has 0 aliphatic rings. The van der Waals surface area contributed by atoms with Gasteiger partial charge in [0.15, 0.2) is 5.13 Å². The minimum Gasteiger partial charge on any atom is -0.298 e. The van der Waals surface area contributed by atoms with E-state index in [-0.39, 0.29) is 0 Å². The van der Waals surface area contributed by atoms with Crippen LogP contribution >= 0.6 is 11.3 Å². The number of aromatic nitrogens is 1. The third-order valence-corrected chi connectivity index (χ3v) is 3.66. The van der Waals surface area contributed by atoms with E-state index in [1.165, 1.54) is 23.5 Å². The van der Waals surface area contributed by atoms with E-state index >= 15 is 0 Å². The highest BCUT2D eigenvalue weighted by Gasteiger charge is 2.34. The average molecular weight is 300 g/mol. The quantitative estimate of drug-likeness (QED) is 0.931. The second kappa shape index (κ2) is 5.62. The van der Waals surface area contributed by atoms with E-state index in [1.807, 2.05) is 6.92 Å². The normalized spacial score (nSPS) is 11.4. The van der Waals surface area contributed by atoms with Crippen LogP contribution in [-0.2, 0) is 12.6 Å². The third-order valence-electron chi connectivity index (χ3n) is 2.60. The summed E-state index contributed by atoms with van der Waals surface area (Å²) in [4.78, 5) is 16.8. The van der Waals surface area contributed by atoms with Crippen molar-refractivity contribution in [3.63, 3.8) is 0 Å². The Morgan fingerprint density at radius 2 is 2.05 bits per heavy atom. The third kappa shape index (κ3) is 3.16. The largest absolute Gasteiger partial charge is 0.417 e. The summed E-state index contributed by atoms with van der Waals surface area (Å²) in [6, 6.07) is 4.67. The maximum atomic E-state index is 12.8. The molecular weight excluding hydrogens is 289 g/mol. The van der Waals surface area contributed by atoms with Gasteiger partial charge < -0.3 is 0 Å². The molecule has 0 aliphatic carbocycles. The molecule has 0 unspecified atom stereocenters. The predicted molar refractivity (Wildman–Crippen MR) is 70.9 cm³/mol. The second-order valence-corrected chi connectivity index (χ2v) is 5.10. The molecule has 1 aromatic carbocycles. The summed E-state index contributed by atoms with van der Waals surface area (Å²) in [5, 5.41) is 2.69. The van der Waals surface area contributed by atoms with Crippen molar-refractivity contribution in [3.05, 3.63) is 46.5 Å². The monoisotopic (exact) mass is 300 g/mol. The van der Waals surface area contributed by atoms with E-state index in [4.69, 9.17) is 0 Å².